The first kappa shape index (κ1) is 13.1. The number of aliphatic carboxylic acids is 1. The van der Waals surface area contributed by atoms with Gasteiger partial charge in [0.2, 0.25) is 0 Å². The van der Waals surface area contributed by atoms with E-state index in [1.165, 1.54) is 4.90 Å². The second-order valence-corrected chi connectivity index (χ2v) is 5.32. The van der Waals surface area contributed by atoms with Gasteiger partial charge in [-0.05, 0) is 37.5 Å². The van der Waals surface area contributed by atoms with Gasteiger partial charge in [0.25, 0.3) is 5.91 Å². The van der Waals surface area contributed by atoms with Gasteiger partial charge in [-0.3, -0.25) is 9.59 Å². The number of carbonyl (C=O) groups excluding carboxylic acids is 1. The molecule has 96 valence electrons. The van der Waals surface area contributed by atoms with Gasteiger partial charge >= 0.3 is 5.97 Å². The summed E-state index contributed by atoms with van der Waals surface area (Å²) in [5, 5.41) is 8.88. The lowest BCUT2D eigenvalue weighted by Gasteiger charge is -2.21. The highest BCUT2D eigenvalue weighted by atomic mass is 79.9. The van der Waals surface area contributed by atoms with Crippen molar-refractivity contribution in [1.29, 1.82) is 0 Å². The molecular formula is C13H14BrNO3. The lowest BCUT2D eigenvalue weighted by Crippen LogP contribution is -2.37. The van der Waals surface area contributed by atoms with Crippen molar-refractivity contribution >= 4 is 27.8 Å². The summed E-state index contributed by atoms with van der Waals surface area (Å²) in [6.07, 6.45) is 1.79. The molecule has 4 nitrogen and oxygen atoms in total. The number of rotatable bonds is 4. The quantitative estimate of drug-likeness (QED) is 0.929. The fourth-order valence-electron chi connectivity index (χ4n) is 1.89. The van der Waals surface area contributed by atoms with Gasteiger partial charge in [-0.2, -0.15) is 0 Å². The molecule has 0 atom stereocenters. The summed E-state index contributed by atoms with van der Waals surface area (Å²) in [7, 11) is 0. The number of carboxylic acid groups (broad SMARTS) is 1. The molecular weight excluding hydrogens is 298 g/mol. The Hall–Kier alpha value is -1.36. The Balaban J connectivity index is 2.27. The average Bonchev–Trinajstić information content (AvgIpc) is 3.12. The van der Waals surface area contributed by atoms with Crippen molar-refractivity contribution in [3.8, 4) is 0 Å². The third-order valence-electron chi connectivity index (χ3n) is 3.05. The predicted octanol–water partition coefficient (Wildman–Crippen LogP) is 2.45. The summed E-state index contributed by atoms with van der Waals surface area (Å²) in [5.74, 6) is -1.17. The molecule has 1 fully saturated rings. The smallest absolute Gasteiger partial charge is 0.323 e. The molecule has 1 aromatic carbocycles. The van der Waals surface area contributed by atoms with Gasteiger partial charge in [0, 0.05) is 16.1 Å². The Morgan fingerprint density at radius 2 is 2.11 bits per heavy atom. The number of amides is 1. The van der Waals surface area contributed by atoms with Crippen molar-refractivity contribution in [2.75, 3.05) is 6.54 Å². The zero-order valence-electron chi connectivity index (χ0n) is 10.0. The number of benzene rings is 1. The maximum absolute atomic E-state index is 12.4. The van der Waals surface area contributed by atoms with Crippen LogP contribution in [0.1, 0.15) is 28.8 Å². The second kappa shape index (κ2) is 5.10. The van der Waals surface area contributed by atoms with Crippen LogP contribution >= 0.6 is 15.9 Å². The van der Waals surface area contributed by atoms with Crippen LogP contribution < -0.4 is 0 Å². The second-order valence-electron chi connectivity index (χ2n) is 4.47. The molecule has 18 heavy (non-hydrogen) atoms. The Morgan fingerprint density at radius 3 is 2.67 bits per heavy atom. The van der Waals surface area contributed by atoms with E-state index in [-0.39, 0.29) is 18.5 Å². The van der Waals surface area contributed by atoms with Gasteiger partial charge in [-0.1, -0.05) is 22.0 Å². The van der Waals surface area contributed by atoms with E-state index < -0.39 is 5.97 Å². The van der Waals surface area contributed by atoms with Crippen LogP contribution in [0.5, 0.6) is 0 Å². The third kappa shape index (κ3) is 2.72. The molecule has 0 saturated heterocycles. The molecule has 0 aromatic heterocycles. The van der Waals surface area contributed by atoms with Crippen LogP contribution in [0.3, 0.4) is 0 Å². The fourth-order valence-corrected chi connectivity index (χ4v) is 2.26. The SMILES string of the molecule is Cc1c(Br)cccc1C(=O)N(CC(=O)O)C1CC1. The van der Waals surface area contributed by atoms with Crippen molar-refractivity contribution in [1.82, 2.24) is 4.90 Å². The first-order chi connectivity index (χ1) is 8.50. The maximum atomic E-state index is 12.4. The van der Waals surface area contributed by atoms with E-state index >= 15 is 0 Å². The Labute approximate surface area is 114 Å². The van der Waals surface area contributed by atoms with Crippen molar-refractivity contribution in [3.05, 3.63) is 33.8 Å². The number of hydrogen-bond acceptors (Lipinski definition) is 2. The Kier molecular flexibility index (Phi) is 3.71. The summed E-state index contributed by atoms with van der Waals surface area (Å²) in [6, 6.07) is 5.48. The number of halogens is 1. The maximum Gasteiger partial charge on any atom is 0.323 e. The van der Waals surface area contributed by atoms with Crippen molar-refractivity contribution in [3.63, 3.8) is 0 Å². The molecule has 1 saturated carbocycles. The minimum Gasteiger partial charge on any atom is -0.480 e. The Bertz CT molecular complexity index is 497. The highest BCUT2D eigenvalue weighted by Gasteiger charge is 2.34. The summed E-state index contributed by atoms with van der Waals surface area (Å²) < 4.78 is 0.861. The number of carboxylic acids is 1. The van der Waals surface area contributed by atoms with Crippen LogP contribution in [0.2, 0.25) is 0 Å². The van der Waals surface area contributed by atoms with Crippen LogP contribution in [0.15, 0.2) is 22.7 Å². The number of carbonyl (C=O) groups is 2. The summed E-state index contributed by atoms with van der Waals surface area (Å²) in [5.41, 5.74) is 1.41. The largest absolute Gasteiger partial charge is 0.480 e. The number of nitrogens with zero attached hydrogens (tertiary/aromatic N) is 1. The molecule has 0 heterocycles. The van der Waals surface area contributed by atoms with E-state index in [0.717, 1.165) is 22.9 Å². The van der Waals surface area contributed by atoms with E-state index in [0.29, 0.717) is 5.56 Å². The fraction of sp³-hybridized carbons (Fsp3) is 0.385. The van der Waals surface area contributed by atoms with E-state index in [9.17, 15) is 9.59 Å². The molecule has 0 bridgehead atoms. The topological polar surface area (TPSA) is 57.6 Å². The molecule has 0 radical (unpaired) electrons. The normalized spacial score (nSPS) is 14.3. The minimum absolute atomic E-state index is 0.0898. The van der Waals surface area contributed by atoms with Gasteiger partial charge in [0.1, 0.15) is 6.54 Å². The van der Waals surface area contributed by atoms with E-state index in [1.54, 1.807) is 12.1 Å². The predicted molar refractivity (Wildman–Crippen MR) is 70.6 cm³/mol. The van der Waals surface area contributed by atoms with Crippen LogP contribution in [-0.4, -0.2) is 34.5 Å². The van der Waals surface area contributed by atoms with Gasteiger partial charge in [0.15, 0.2) is 0 Å². The summed E-state index contributed by atoms with van der Waals surface area (Å²) in [6.45, 7) is 1.62. The Morgan fingerprint density at radius 1 is 1.44 bits per heavy atom. The molecule has 5 heteroatoms. The lowest BCUT2D eigenvalue weighted by molar-refractivity contribution is -0.137. The van der Waals surface area contributed by atoms with Crippen molar-refractivity contribution < 1.29 is 14.7 Å². The molecule has 1 aromatic rings. The van der Waals surface area contributed by atoms with Crippen molar-refractivity contribution in [2.45, 2.75) is 25.8 Å². The molecule has 1 aliphatic rings. The van der Waals surface area contributed by atoms with Gasteiger partial charge in [-0.15, -0.1) is 0 Å². The zero-order chi connectivity index (χ0) is 13.3. The van der Waals surface area contributed by atoms with E-state index in [1.807, 2.05) is 13.0 Å². The molecule has 2 rings (SSSR count). The van der Waals surface area contributed by atoms with Crippen LogP contribution in [0, 0.1) is 6.92 Å². The first-order valence-electron chi connectivity index (χ1n) is 5.78. The monoisotopic (exact) mass is 311 g/mol. The van der Waals surface area contributed by atoms with Crippen LogP contribution in [0.25, 0.3) is 0 Å². The molecule has 1 amide bonds. The molecule has 1 aliphatic carbocycles. The minimum atomic E-state index is -0.970. The standard InChI is InChI=1S/C13H14BrNO3/c1-8-10(3-2-4-11(8)14)13(18)15(7-12(16)17)9-5-6-9/h2-4,9H,5-7H2,1H3,(H,16,17). The van der Waals surface area contributed by atoms with E-state index in [2.05, 4.69) is 15.9 Å². The summed E-state index contributed by atoms with van der Waals surface area (Å²) in [4.78, 5) is 24.7. The van der Waals surface area contributed by atoms with Gasteiger partial charge < -0.3 is 10.0 Å². The zero-order valence-corrected chi connectivity index (χ0v) is 11.6. The highest BCUT2D eigenvalue weighted by molar-refractivity contribution is 9.10. The first-order valence-corrected chi connectivity index (χ1v) is 6.58. The van der Waals surface area contributed by atoms with Crippen molar-refractivity contribution in [2.24, 2.45) is 0 Å². The molecule has 0 aliphatic heterocycles. The lowest BCUT2D eigenvalue weighted by atomic mass is 10.1. The van der Waals surface area contributed by atoms with Gasteiger partial charge in [-0.25, -0.2) is 0 Å². The van der Waals surface area contributed by atoms with E-state index in [4.69, 9.17) is 5.11 Å². The third-order valence-corrected chi connectivity index (χ3v) is 3.91. The molecule has 1 N–H and O–H groups in total. The highest BCUT2D eigenvalue weighted by Crippen LogP contribution is 2.29. The number of hydrogen-bond donors (Lipinski definition) is 1. The summed E-state index contributed by atoms with van der Waals surface area (Å²) >= 11 is 3.38. The van der Waals surface area contributed by atoms with Crippen LogP contribution in [0.4, 0.5) is 0 Å². The van der Waals surface area contributed by atoms with Crippen LogP contribution in [-0.2, 0) is 4.79 Å². The molecule has 0 unspecified atom stereocenters. The van der Waals surface area contributed by atoms with Gasteiger partial charge in [0.05, 0.1) is 0 Å². The average molecular weight is 312 g/mol. The molecule has 0 spiro atoms.